The summed E-state index contributed by atoms with van der Waals surface area (Å²) in [5.41, 5.74) is -0.699. The second kappa shape index (κ2) is 7.85. The highest BCUT2D eigenvalue weighted by atomic mass is 32.1. The van der Waals surface area contributed by atoms with Crippen LogP contribution >= 0.6 is 11.3 Å². The van der Waals surface area contributed by atoms with Gasteiger partial charge < -0.3 is 25.2 Å². The molecular weight excluding hydrogens is 364 g/mol. The van der Waals surface area contributed by atoms with Crippen molar-refractivity contribution in [1.29, 1.82) is 0 Å². The molecule has 0 spiro atoms. The highest BCUT2D eigenvalue weighted by molar-refractivity contribution is 7.19. The number of methoxy groups -OCH3 is 2. The summed E-state index contributed by atoms with van der Waals surface area (Å²) in [5, 5.41) is 17.3. The molecule has 1 aromatic heterocycles. The predicted molar refractivity (Wildman–Crippen MR) is 108 cm³/mol. The number of fused-ring (bicyclic) bond motifs is 1. The number of benzene rings is 2. The van der Waals surface area contributed by atoms with Gasteiger partial charge in [0.1, 0.15) is 5.60 Å². The molecule has 1 heterocycles. The van der Waals surface area contributed by atoms with E-state index in [-0.39, 0.29) is 6.54 Å². The number of carbonyl (C=O) groups excluding carboxylic acids is 1. The molecule has 3 rings (SSSR count). The lowest BCUT2D eigenvalue weighted by Gasteiger charge is -2.22. The van der Waals surface area contributed by atoms with Crippen LogP contribution in [0.3, 0.4) is 0 Å². The van der Waals surface area contributed by atoms with Crippen LogP contribution in [-0.2, 0) is 5.60 Å². The average molecular weight is 386 g/mol. The summed E-state index contributed by atoms with van der Waals surface area (Å²) in [6.45, 7) is 1.75. The van der Waals surface area contributed by atoms with Crippen molar-refractivity contribution in [2.24, 2.45) is 0 Å². The van der Waals surface area contributed by atoms with Crippen LogP contribution in [-0.4, -0.2) is 31.9 Å². The number of para-hydroxylation sites is 1. The Balaban J connectivity index is 1.68. The lowest BCUT2D eigenvalue weighted by molar-refractivity contribution is 0.0638. The van der Waals surface area contributed by atoms with E-state index in [0.29, 0.717) is 17.2 Å². The van der Waals surface area contributed by atoms with Crippen molar-refractivity contribution >= 4 is 33.1 Å². The van der Waals surface area contributed by atoms with Gasteiger partial charge in [-0.1, -0.05) is 24.3 Å². The fourth-order valence-electron chi connectivity index (χ4n) is 2.74. The predicted octanol–water partition coefficient (Wildman–Crippen LogP) is 3.95. The standard InChI is InChI=1S/C20H22N2O4S/c1-20(24,17-11-13-7-4-5-10-16(13)27-17)12-21-19(23)22-14-8-6-9-15(25-2)18(14)26-3/h4-11,24H,12H2,1-3H3,(H2,21,22,23). The quantitative estimate of drug-likeness (QED) is 0.599. The maximum absolute atomic E-state index is 12.3. The number of amides is 2. The number of anilines is 1. The normalized spacial score (nSPS) is 13.0. The Kier molecular flexibility index (Phi) is 5.53. The summed E-state index contributed by atoms with van der Waals surface area (Å²) >= 11 is 1.51. The van der Waals surface area contributed by atoms with Crippen LogP contribution in [0.4, 0.5) is 10.5 Å². The van der Waals surface area contributed by atoms with Gasteiger partial charge in [0.2, 0.25) is 0 Å². The van der Waals surface area contributed by atoms with E-state index in [9.17, 15) is 9.90 Å². The summed E-state index contributed by atoms with van der Waals surface area (Å²) in [6.07, 6.45) is 0. The van der Waals surface area contributed by atoms with E-state index in [1.54, 1.807) is 25.1 Å². The lowest BCUT2D eigenvalue weighted by Crippen LogP contribution is -2.40. The fraction of sp³-hybridized carbons (Fsp3) is 0.250. The van der Waals surface area contributed by atoms with Gasteiger partial charge in [0.05, 0.1) is 26.5 Å². The van der Waals surface area contributed by atoms with Crippen molar-refractivity contribution in [3.63, 3.8) is 0 Å². The van der Waals surface area contributed by atoms with Crippen LogP contribution in [0, 0.1) is 0 Å². The minimum atomic E-state index is -1.18. The number of thiophene rings is 1. The smallest absolute Gasteiger partial charge is 0.319 e. The Morgan fingerprint density at radius 1 is 1.15 bits per heavy atom. The third-order valence-electron chi connectivity index (χ3n) is 4.20. The van der Waals surface area contributed by atoms with Gasteiger partial charge in [0.15, 0.2) is 11.5 Å². The summed E-state index contributed by atoms with van der Waals surface area (Å²) in [5.74, 6) is 0.957. The first-order valence-electron chi connectivity index (χ1n) is 8.42. The van der Waals surface area contributed by atoms with E-state index < -0.39 is 11.6 Å². The van der Waals surface area contributed by atoms with E-state index in [0.717, 1.165) is 15.0 Å². The Bertz CT molecular complexity index is 919. The molecule has 3 aromatic rings. The minimum absolute atomic E-state index is 0.0674. The van der Waals surface area contributed by atoms with E-state index in [4.69, 9.17) is 9.47 Å². The summed E-state index contributed by atoms with van der Waals surface area (Å²) in [6, 6.07) is 14.7. The molecule has 0 saturated heterocycles. The molecule has 3 N–H and O–H groups in total. The molecule has 6 nitrogen and oxygen atoms in total. The van der Waals surface area contributed by atoms with Gasteiger partial charge in [-0.15, -0.1) is 11.3 Å². The minimum Gasteiger partial charge on any atom is -0.493 e. The van der Waals surface area contributed by atoms with E-state index in [1.165, 1.54) is 25.6 Å². The molecule has 7 heteroatoms. The van der Waals surface area contributed by atoms with Crippen molar-refractivity contribution in [2.75, 3.05) is 26.1 Å². The highest BCUT2D eigenvalue weighted by Crippen LogP contribution is 2.35. The third-order valence-corrected chi connectivity index (χ3v) is 5.57. The molecule has 142 valence electrons. The van der Waals surface area contributed by atoms with Gasteiger partial charge >= 0.3 is 6.03 Å². The maximum atomic E-state index is 12.3. The average Bonchev–Trinajstić information content (AvgIpc) is 3.11. The molecule has 27 heavy (non-hydrogen) atoms. The molecule has 0 fully saturated rings. The monoisotopic (exact) mass is 386 g/mol. The van der Waals surface area contributed by atoms with Crippen molar-refractivity contribution in [3.05, 3.63) is 53.4 Å². The Labute approximate surface area is 161 Å². The van der Waals surface area contributed by atoms with Gasteiger partial charge in [-0.05, 0) is 36.6 Å². The largest absolute Gasteiger partial charge is 0.493 e. The molecule has 0 radical (unpaired) electrons. The molecule has 2 aromatic carbocycles. The van der Waals surface area contributed by atoms with E-state index in [2.05, 4.69) is 10.6 Å². The maximum Gasteiger partial charge on any atom is 0.319 e. The van der Waals surface area contributed by atoms with E-state index >= 15 is 0 Å². The number of urea groups is 1. The van der Waals surface area contributed by atoms with Crippen LogP contribution < -0.4 is 20.1 Å². The SMILES string of the molecule is COc1cccc(NC(=O)NCC(C)(O)c2cc3ccccc3s2)c1OC. The van der Waals surface area contributed by atoms with Crippen LogP contribution in [0.2, 0.25) is 0 Å². The Morgan fingerprint density at radius 3 is 2.63 bits per heavy atom. The summed E-state index contributed by atoms with van der Waals surface area (Å²) < 4.78 is 11.6. The van der Waals surface area contributed by atoms with Gasteiger partial charge in [0.25, 0.3) is 0 Å². The first-order valence-corrected chi connectivity index (χ1v) is 9.23. The molecular formula is C20H22N2O4S. The zero-order valence-corrected chi connectivity index (χ0v) is 16.2. The van der Waals surface area contributed by atoms with Crippen LogP contribution in [0.5, 0.6) is 11.5 Å². The number of carbonyl (C=O) groups is 1. The second-order valence-electron chi connectivity index (χ2n) is 6.27. The Hall–Kier alpha value is -2.77. The molecule has 0 aliphatic heterocycles. The first-order chi connectivity index (χ1) is 12.9. The number of hydrogen-bond donors (Lipinski definition) is 3. The second-order valence-corrected chi connectivity index (χ2v) is 7.35. The lowest BCUT2D eigenvalue weighted by atomic mass is 10.0. The van der Waals surface area contributed by atoms with Gasteiger partial charge in [-0.25, -0.2) is 4.79 Å². The summed E-state index contributed by atoms with van der Waals surface area (Å²) in [7, 11) is 3.04. The molecule has 0 saturated carbocycles. The zero-order chi connectivity index (χ0) is 19.4. The van der Waals surface area contributed by atoms with E-state index in [1.807, 2.05) is 30.3 Å². The first kappa shape index (κ1) is 19.0. The number of ether oxygens (including phenoxy) is 2. The highest BCUT2D eigenvalue weighted by Gasteiger charge is 2.26. The van der Waals surface area contributed by atoms with Gasteiger partial charge in [-0.2, -0.15) is 0 Å². The van der Waals surface area contributed by atoms with Crippen molar-refractivity contribution < 1.29 is 19.4 Å². The molecule has 1 atom stereocenters. The summed E-state index contributed by atoms with van der Waals surface area (Å²) in [4.78, 5) is 13.1. The third kappa shape index (κ3) is 4.15. The van der Waals surface area contributed by atoms with Crippen LogP contribution in [0.25, 0.3) is 10.1 Å². The van der Waals surface area contributed by atoms with Gasteiger partial charge in [-0.3, -0.25) is 0 Å². The van der Waals surface area contributed by atoms with Crippen molar-refractivity contribution in [3.8, 4) is 11.5 Å². The number of nitrogens with one attached hydrogen (secondary N) is 2. The number of rotatable bonds is 6. The molecule has 0 bridgehead atoms. The van der Waals surface area contributed by atoms with Crippen molar-refractivity contribution in [1.82, 2.24) is 5.32 Å². The number of aliphatic hydroxyl groups is 1. The molecule has 2 amide bonds. The number of hydrogen-bond acceptors (Lipinski definition) is 5. The molecule has 0 aliphatic carbocycles. The zero-order valence-electron chi connectivity index (χ0n) is 15.4. The molecule has 0 aliphatic rings. The Morgan fingerprint density at radius 2 is 1.93 bits per heavy atom. The molecule has 1 unspecified atom stereocenters. The van der Waals surface area contributed by atoms with Crippen LogP contribution in [0.1, 0.15) is 11.8 Å². The van der Waals surface area contributed by atoms with Gasteiger partial charge in [0, 0.05) is 9.58 Å². The van der Waals surface area contributed by atoms with Crippen molar-refractivity contribution in [2.45, 2.75) is 12.5 Å². The topological polar surface area (TPSA) is 79.8 Å². The fourth-order valence-corrected chi connectivity index (χ4v) is 3.85. The van der Waals surface area contributed by atoms with Crippen LogP contribution in [0.15, 0.2) is 48.5 Å².